The van der Waals surface area contributed by atoms with Crippen LogP contribution in [0.15, 0.2) is 47.8 Å². The zero-order valence-corrected chi connectivity index (χ0v) is 19.5. The topological polar surface area (TPSA) is 113 Å². The van der Waals surface area contributed by atoms with Gasteiger partial charge < -0.3 is 10.3 Å². The van der Waals surface area contributed by atoms with Gasteiger partial charge in [-0.05, 0) is 31.2 Å². The smallest absolute Gasteiger partial charge is 0.281 e. The molecule has 5 aromatic rings. The second-order valence-corrected chi connectivity index (χ2v) is 8.51. The molecule has 0 aliphatic rings. The first kappa shape index (κ1) is 22.3. The quantitative estimate of drug-likeness (QED) is 0.292. The lowest BCUT2D eigenvalue weighted by Gasteiger charge is -2.22. The first-order valence-electron chi connectivity index (χ1n) is 9.87. The summed E-state index contributed by atoms with van der Waals surface area (Å²) in [7, 11) is 0. The highest BCUT2D eigenvalue weighted by Gasteiger charge is 2.21. The molecule has 0 fully saturated rings. The number of halogens is 4. The van der Waals surface area contributed by atoms with E-state index in [2.05, 4.69) is 35.7 Å². The molecule has 0 aliphatic carbocycles. The van der Waals surface area contributed by atoms with Crippen LogP contribution in [0.2, 0.25) is 15.1 Å². The maximum absolute atomic E-state index is 13.7. The molecular formula is C21H14Cl3FN8O. The van der Waals surface area contributed by atoms with Gasteiger partial charge >= 0.3 is 0 Å². The van der Waals surface area contributed by atoms with E-state index in [9.17, 15) is 9.18 Å². The number of fused-ring (bicyclic) bond motifs is 2. The van der Waals surface area contributed by atoms with Crippen LogP contribution in [0.25, 0.3) is 22.1 Å². The third kappa shape index (κ3) is 3.89. The Kier molecular flexibility index (Phi) is 5.72. The number of aromatic amines is 1. The lowest BCUT2D eigenvalue weighted by atomic mass is 10.2. The molecule has 5 rings (SSSR count). The molecule has 13 heteroatoms. The van der Waals surface area contributed by atoms with Crippen molar-refractivity contribution in [3.8, 4) is 0 Å². The molecular weight excluding hydrogens is 506 g/mol. The van der Waals surface area contributed by atoms with Gasteiger partial charge in [0.1, 0.15) is 17.7 Å². The van der Waals surface area contributed by atoms with Gasteiger partial charge in [0.15, 0.2) is 17.3 Å². The Balaban J connectivity index is 1.67. The van der Waals surface area contributed by atoms with E-state index in [1.165, 1.54) is 17.3 Å². The second kappa shape index (κ2) is 8.71. The van der Waals surface area contributed by atoms with Crippen LogP contribution in [-0.4, -0.2) is 29.6 Å². The highest BCUT2D eigenvalue weighted by molar-refractivity contribution is 6.39. The number of nitrogens with zero attached hydrogens (tertiary/aromatic N) is 5. The van der Waals surface area contributed by atoms with Crippen LogP contribution in [0.4, 0.5) is 15.9 Å². The number of rotatable bonds is 5. The summed E-state index contributed by atoms with van der Waals surface area (Å²) >= 11 is 18.7. The van der Waals surface area contributed by atoms with Crippen LogP contribution in [0.5, 0.6) is 0 Å². The summed E-state index contributed by atoms with van der Waals surface area (Å²) in [6.45, 7) is 1.79. The molecule has 0 aliphatic heterocycles. The van der Waals surface area contributed by atoms with E-state index >= 15 is 0 Å². The zero-order valence-electron chi connectivity index (χ0n) is 17.3. The maximum Gasteiger partial charge on any atom is 0.281 e. The average molecular weight is 520 g/mol. The van der Waals surface area contributed by atoms with Gasteiger partial charge in [-0.25, -0.2) is 29.0 Å². The van der Waals surface area contributed by atoms with Crippen molar-refractivity contribution in [3.63, 3.8) is 0 Å². The third-order valence-corrected chi connectivity index (χ3v) is 5.98. The van der Waals surface area contributed by atoms with Gasteiger partial charge in [0.05, 0.1) is 44.0 Å². The van der Waals surface area contributed by atoms with E-state index in [1.54, 1.807) is 25.1 Å². The summed E-state index contributed by atoms with van der Waals surface area (Å²) in [5.41, 5.74) is 3.97. The van der Waals surface area contributed by atoms with Gasteiger partial charge in [-0.15, -0.1) is 0 Å². The third-order valence-electron chi connectivity index (χ3n) is 5.07. The van der Waals surface area contributed by atoms with Crippen molar-refractivity contribution in [1.29, 1.82) is 0 Å². The van der Waals surface area contributed by atoms with Crippen LogP contribution in [-0.2, 0) is 0 Å². The van der Waals surface area contributed by atoms with E-state index < -0.39 is 17.4 Å². The maximum atomic E-state index is 13.7. The second-order valence-electron chi connectivity index (χ2n) is 7.29. The van der Waals surface area contributed by atoms with Crippen molar-refractivity contribution in [2.24, 2.45) is 0 Å². The summed E-state index contributed by atoms with van der Waals surface area (Å²) in [4.78, 5) is 33.6. The molecule has 3 aromatic heterocycles. The predicted octanol–water partition coefficient (Wildman–Crippen LogP) is 5.21. The number of aromatic nitrogens is 6. The van der Waals surface area contributed by atoms with E-state index in [4.69, 9.17) is 34.8 Å². The van der Waals surface area contributed by atoms with E-state index in [0.717, 1.165) is 12.1 Å². The molecule has 0 saturated heterocycles. The molecule has 0 bridgehead atoms. The number of anilines is 2. The van der Waals surface area contributed by atoms with E-state index in [-0.39, 0.29) is 32.0 Å². The van der Waals surface area contributed by atoms with Gasteiger partial charge in [0, 0.05) is 0 Å². The largest absolute Gasteiger partial charge is 0.358 e. The highest BCUT2D eigenvalue weighted by Crippen LogP contribution is 2.32. The van der Waals surface area contributed by atoms with Gasteiger partial charge in [-0.2, -0.15) is 0 Å². The normalized spacial score (nSPS) is 12.3. The minimum Gasteiger partial charge on any atom is -0.358 e. The first-order valence-corrected chi connectivity index (χ1v) is 11.0. The fourth-order valence-corrected chi connectivity index (χ4v) is 4.31. The summed E-state index contributed by atoms with van der Waals surface area (Å²) in [6, 6.07) is 6.57. The number of benzene rings is 2. The summed E-state index contributed by atoms with van der Waals surface area (Å²) < 4.78 is 14.9. The van der Waals surface area contributed by atoms with E-state index in [1.807, 2.05) is 0 Å². The molecule has 0 unspecified atom stereocenters. The number of imidazole rings is 1. The molecule has 0 amide bonds. The molecule has 0 radical (unpaired) electrons. The Bertz CT molecular complexity index is 1600. The fourth-order valence-electron chi connectivity index (χ4n) is 3.51. The molecule has 0 saturated carbocycles. The monoisotopic (exact) mass is 518 g/mol. The summed E-state index contributed by atoms with van der Waals surface area (Å²) in [6.07, 6.45) is 2.87. The van der Waals surface area contributed by atoms with Gasteiger partial charge in [0.25, 0.3) is 5.56 Å². The van der Waals surface area contributed by atoms with Crippen LogP contribution < -0.4 is 16.3 Å². The van der Waals surface area contributed by atoms with Crippen molar-refractivity contribution in [3.05, 3.63) is 80.0 Å². The molecule has 3 N–H and O–H groups in total. The highest BCUT2D eigenvalue weighted by atomic mass is 35.5. The fraction of sp³-hybridized carbons (Fsp3) is 0.0952. The van der Waals surface area contributed by atoms with Crippen molar-refractivity contribution in [2.75, 3.05) is 10.7 Å². The molecule has 2 aromatic carbocycles. The first-order chi connectivity index (χ1) is 16.3. The Morgan fingerprint density at radius 2 is 1.85 bits per heavy atom. The van der Waals surface area contributed by atoms with Crippen molar-refractivity contribution in [1.82, 2.24) is 29.6 Å². The minimum absolute atomic E-state index is 0.0160. The van der Waals surface area contributed by atoms with Crippen LogP contribution in [0.3, 0.4) is 0 Å². The number of nitrogens with one attached hydrogen (secondary N) is 3. The minimum atomic E-state index is -0.616. The van der Waals surface area contributed by atoms with Gasteiger partial charge in [-0.1, -0.05) is 40.9 Å². The summed E-state index contributed by atoms with van der Waals surface area (Å²) in [5.74, 6) is 0.109. The molecule has 9 nitrogen and oxygen atoms in total. The van der Waals surface area contributed by atoms with Gasteiger partial charge in [0.2, 0.25) is 0 Å². The Morgan fingerprint density at radius 3 is 2.62 bits per heavy atom. The lowest BCUT2D eigenvalue weighted by Crippen LogP contribution is -2.33. The molecule has 1 atom stereocenters. The Labute approximate surface area is 205 Å². The SMILES string of the molecule is C[C@H](Nc1ncnc2nc[nH]c12)c1nc2cccc(Cl)c2c(=O)n1Nc1c(Cl)cc(F)cc1Cl. The van der Waals surface area contributed by atoms with Crippen molar-refractivity contribution in [2.45, 2.75) is 13.0 Å². The average Bonchev–Trinajstić information content (AvgIpc) is 3.27. The van der Waals surface area contributed by atoms with Crippen LogP contribution in [0.1, 0.15) is 18.8 Å². The van der Waals surface area contributed by atoms with E-state index in [0.29, 0.717) is 22.5 Å². The predicted molar refractivity (Wildman–Crippen MR) is 130 cm³/mol. The van der Waals surface area contributed by atoms with Crippen molar-refractivity contribution >= 4 is 68.4 Å². The van der Waals surface area contributed by atoms with Crippen LogP contribution in [0, 0.1) is 5.82 Å². The number of hydrogen-bond donors (Lipinski definition) is 3. The number of H-pyrrole nitrogens is 1. The molecule has 3 heterocycles. The Morgan fingerprint density at radius 1 is 1.09 bits per heavy atom. The molecule has 0 spiro atoms. The lowest BCUT2D eigenvalue weighted by molar-refractivity contribution is 0.628. The summed E-state index contributed by atoms with van der Waals surface area (Å²) in [5, 5.41) is 3.60. The zero-order chi connectivity index (χ0) is 24.0. The van der Waals surface area contributed by atoms with Gasteiger partial charge in [-0.3, -0.25) is 10.2 Å². The molecule has 34 heavy (non-hydrogen) atoms. The molecule has 172 valence electrons. The van der Waals surface area contributed by atoms with Crippen LogP contribution >= 0.6 is 34.8 Å². The Hall–Kier alpha value is -3.47. The van der Waals surface area contributed by atoms with Crippen molar-refractivity contribution < 1.29 is 4.39 Å². The number of hydrogen-bond acceptors (Lipinski definition) is 7. The standard InChI is InChI=1S/C21H14Cl3FN8O/c1-9(30-19-17-18(27-7-26-17)28-8-29-19)20-31-14-4-2-3-11(22)15(14)21(34)33(20)32-16-12(23)5-10(25)6-13(16)24/h2-9,32H,1H3,(H2,26,27,28,29,30)/t9-/m0/s1.